The van der Waals surface area contributed by atoms with Gasteiger partial charge in [0.25, 0.3) is 0 Å². The predicted octanol–water partition coefficient (Wildman–Crippen LogP) is 6.15. The van der Waals surface area contributed by atoms with E-state index in [0.29, 0.717) is 33.7 Å². The highest BCUT2D eigenvalue weighted by Crippen LogP contribution is 2.31. The lowest BCUT2D eigenvalue weighted by atomic mass is 10.1. The molecule has 1 aromatic heterocycles. The molecule has 6 nitrogen and oxygen atoms in total. The summed E-state index contributed by atoms with van der Waals surface area (Å²) in [5.74, 6) is 1.70. The summed E-state index contributed by atoms with van der Waals surface area (Å²) < 4.78 is 12.6. The highest BCUT2D eigenvalue weighted by Gasteiger charge is 2.22. The first kappa shape index (κ1) is 23.0. The summed E-state index contributed by atoms with van der Waals surface area (Å²) in [5.41, 5.74) is 3.26. The molecule has 0 saturated carbocycles. The van der Waals surface area contributed by atoms with E-state index < -0.39 is 6.04 Å². The molecule has 0 radical (unpaired) electrons. The molecule has 0 unspecified atom stereocenters. The van der Waals surface area contributed by atoms with Crippen LogP contribution >= 0.6 is 23.2 Å². The third kappa shape index (κ3) is 4.77. The number of methoxy groups -OCH3 is 2. The number of ether oxygens (including phenoxy) is 2. The van der Waals surface area contributed by atoms with E-state index in [4.69, 9.17) is 37.7 Å². The van der Waals surface area contributed by atoms with Crippen LogP contribution in [-0.4, -0.2) is 29.7 Å². The van der Waals surface area contributed by atoms with Gasteiger partial charge in [-0.05, 0) is 48.9 Å². The first-order chi connectivity index (χ1) is 15.9. The van der Waals surface area contributed by atoms with Crippen molar-refractivity contribution in [2.24, 2.45) is 0 Å². The molecule has 0 spiro atoms. The quantitative estimate of drug-likeness (QED) is 0.342. The second-order valence-electron chi connectivity index (χ2n) is 7.55. The summed E-state index contributed by atoms with van der Waals surface area (Å²) in [6.45, 7) is 1.85. The van der Waals surface area contributed by atoms with E-state index in [0.717, 1.165) is 22.4 Å². The fourth-order valence-corrected chi connectivity index (χ4v) is 4.08. The summed E-state index contributed by atoms with van der Waals surface area (Å²) in [6.07, 6.45) is 0.500. The molecule has 0 aliphatic rings. The van der Waals surface area contributed by atoms with Crippen molar-refractivity contribution in [2.75, 3.05) is 19.5 Å². The van der Waals surface area contributed by atoms with Gasteiger partial charge in [-0.2, -0.15) is 0 Å². The fraction of sp³-hybridized carbons (Fsp3) is 0.200. The van der Waals surface area contributed by atoms with Crippen LogP contribution in [0.25, 0.3) is 11.0 Å². The van der Waals surface area contributed by atoms with Gasteiger partial charge in [0.2, 0.25) is 5.91 Å². The van der Waals surface area contributed by atoms with Crippen molar-refractivity contribution in [3.63, 3.8) is 0 Å². The monoisotopic (exact) mass is 483 g/mol. The number of anilines is 1. The number of hydrogen-bond donors (Lipinski definition) is 1. The molecule has 1 amide bonds. The van der Waals surface area contributed by atoms with Crippen LogP contribution in [0.5, 0.6) is 11.5 Å². The number of fused-ring (bicyclic) bond motifs is 1. The van der Waals surface area contributed by atoms with Crippen LogP contribution in [0.4, 0.5) is 5.69 Å². The summed E-state index contributed by atoms with van der Waals surface area (Å²) in [5, 5.41) is 3.95. The van der Waals surface area contributed by atoms with Crippen LogP contribution in [-0.2, 0) is 11.2 Å². The van der Waals surface area contributed by atoms with Gasteiger partial charge >= 0.3 is 0 Å². The van der Waals surface area contributed by atoms with E-state index in [-0.39, 0.29) is 5.91 Å². The molecule has 1 atom stereocenters. The average molecular weight is 484 g/mol. The number of carbonyl (C=O) groups excluding carboxylic acids is 1. The largest absolute Gasteiger partial charge is 0.493 e. The Balaban J connectivity index is 1.67. The molecule has 4 rings (SSSR count). The molecule has 4 aromatic rings. The zero-order valence-electron chi connectivity index (χ0n) is 18.4. The number of amides is 1. The minimum Gasteiger partial charge on any atom is -0.493 e. The first-order valence-electron chi connectivity index (χ1n) is 10.3. The first-order valence-corrected chi connectivity index (χ1v) is 11.1. The Bertz CT molecular complexity index is 1320. The molecule has 3 aromatic carbocycles. The molecular weight excluding hydrogens is 461 g/mol. The lowest BCUT2D eigenvalue weighted by Gasteiger charge is -2.18. The van der Waals surface area contributed by atoms with Crippen molar-refractivity contribution in [3.8, 4) is 11.5 Å². The number of imidazole rings is 1. The molecule has 0 aliphatic carbocycles. The zero-order valence-corrected chi connectivity index (χ0v) is 19.9. The number of halogens is 2. The molecule has 0 aliphatic heterocycles. The zero-order chi connectivity index (χ0) is 23.5. The lowest BCUT2D eigenvalue weighted by molar-refractivity contribution is -0.118. The standard InChI is InChI=1S/C25H23Cl2N3O3/c1-15(25(31)28-17-9-11-22(32-2)23(14-17)33-3)30-21-7-5-4-6-20(21)29-24(30)13-16-8-10-18(26)19(27)12-16/h4-12,14-15H,13H2,1-3H3,(H,28,31)/t15-/m0/s1. The van der Waals surface area contributed by atoms with Crippen molar-refractivity contribution in [3.05, 3.63) is 82.1 Å². The molecule has 0 fully saturated rings. The van der Waals surface area contributed by atoms with E-state index in [1.807, 2.05) is 47.9 Å². The van der Waals surface area contributed by atoms with Crippen LogP contribution in [0.2, 0.25) is 10.0 Å². The third-order valence-corrected chi connectivity index (χ3v) is 6.17. The van der Waals surface area contributed by atoms with Crippen LogP contribution < -0.4 is 14.8 Å². The van der Waals surface area contributed by atoms with Crippen molar-refractivity contribution in [1.29, 1.82) is 0 Å². The number of hydrogen-bond acceptors (Lipinski definition) is 4. The van der Waals surface area contributed by atoms with Crippen LogP contribution in [0.1, 0.15) is 24.4 Å². The molecule has 1 N–H and O–H groups in total. The van der Waals surface area contributed by atoms with Crippen molar-refractivity contribution < 1.29 is 14.3 Å². The normalized spacial score (nSPS) is 11.9. The number of benzene rings is 3. The predicted molar refractivity (Wildman–Crippen MR) is 132 cm³/mol. The van der Waals surface area contributed by atoms with Crippen LogP contribution in [0.15, 0.2) is 60.7 Å². The topological polar surface area (TPSA) is 65.4 Å². The van der Waals surface area contributed by atoms with Gasteiger partial charge in [-0.1, -0.05) is 41.4 Å². The Hall–Kier alpha value is -3.22. The third-order valence-electron chi connectivity index (χ3n) is 5.43. The van der Waals surface area contributed by atoms with Crippen molar-refractivity contribution in [2.45, 2.75) is 19.4 Å². The Labute approximate surface area is 202 Å². The maximum Gasteiger partial charge on any atom is 0.247 e. The second-order valence-corrected chi connectivity index (χ2v) is 8.36. The second kappa shape index (κ2) is 9.73. The highest BCUT2D eigenvalue weighted by molar-refractivity contribution is 6.42. The van der Waals surface area contributed by atoms with E-state index in [1.165, 1.54) is 0 Å². The van der Waals surface area contributed by atoms with Gasteiger partial charge in [-0.25, -0.2) is 4.98 Å². The van der Waals surface area contributed by atoms with E-state index in [2.05, 4.69) is 5.32 Å². The van der Waals surface area contributed by atoms with Crippen molar-refractivity contribution >= 4 is 45.8 Å². The molecular formula is C25H23Cl2N3O3. The van der Waals surface area contributed by atoms with Gasteiger partial charge in [0, 0.05) is 18.2 Å². The molecule has 0 saturated heterocycles. The van der Waals surface area contributed by atoms with Crippen LogP contribution in [0, 0.1) is 0 Å². The molecule has 0 bridgehead atoms. The number of para-hydroxylation sites is 2. The van der Waals surface area contributed by atoms with E-state index >= 15 is 0 Å². The van der Waals surface area contributed by atoms with Gasteiger partial charge in [-0.15, -0.1) is 0 Å². The maximum atomic E-state index is 13.2. The Kier molecular flexibility index (Phi) is 6.77. The summed E-state index contributed by atoms with van der Waals surface area (Å²) in [7, 11) is 3.12. The summed E-state index contributed by atoms with van der Waals surface area (Å²) in [6, 6.07) is 18.0. The fourth-order valence-electron chi connectivity index (χ4n) is 3.76. The number of nitrogens with zero attached hydrogens (tertiary/aromatic N) is 2. The molecule has 170 valence electrons. The van der Waals surface area contributed by atoms with Gasteiger partial charge in [0.05, 0.1) is 35.3 Å². The number of rotatable bonds is 7. The van der Waals surface area contributed by atoms with Gasteiger partial charge < -0.3 is 19.4 Å². The lowest BCUT2D eigenvalue weighted by Crippen LogP contribution is -2.25. The van der Waals surface area contributed by atoms with Crippen molar-refractivity contribution in [1.82, 2.24) is 9.55 Å². The number of carbonyl (C=O) groups is 1. The van der Waals surface area contributed by atoms with Gasteiger partial charge in [-0.3, -0.25) is 4.79 Å². The minimum atomic E-state index is -0.525. The Morgan fingerprint density at radius 1 is 1.00 bits per heavy atom. The molecule has 8 heteroatoms. The SMILES string of the molecule is COc1ccc(NC(=O)[C@H](C)n2c(Cc3ccc(Cl)c(Cl)c3)nc3ccccc32)cc1OC. The summed E-state index contributed by atoms with van der Waals surface area (Å²) >= 11 is 12.3. The maximum absolute atomic E-state index is 13.2. The van der Waals surface area contributed by atoms with Gasteiger partial charge in [0.15, 0.2) is 11.5 Å². The smallest absolute Gasteiger partial charge is 0.247 e. The molecule has 33 heavy (non-hydrogen) atoms. The van der Waals surface area contributed by atoms with E-state index in [9.17, 15) is 4.79 Å². The number of aromatic nitrogens is 2. The van der Waals surface area contributed by atoms with Gasteiger partial charge in [0.1, 0.15) is 11.9 Å². The van der Waals surface area contributed by atoms with E-state index in [1.54, 1.807) is 38.5 Å². The molecule has 1 heterocycles. The Morgan fingerprint density at radius 2 is 1.76 bits per heavy atom. The minimum absolute atomic E-state index is 0.180. The summed E-state index contributed by atoms with van der Waals surface area (Å²) in [4.78, 5) is 18.0. The van der Waals surface area contributed by atoms with Crippen LogP contribution in [0.3, 0.4) is 0 Å². The highest BCUT2D eigenvalue weighted by atomic mass is 35.5. The average Bonchev–Trinajstić information content (AvgIpc) is 3.18. The number of nitrogens with one attached hydrogen (secondary N) is 1. The Morgan fingerprint density at radius 3 is 2.48 bits per heavy atom.